The summed E-state index contributed by atoms with van der Waals surface area (Å²) in [7, 11) is 3.85. The molecule has 0 spiro atoms. The van der Waals surface area contributed by atoms with Crippen LogP contribution in [0.25, 0.3) is 0 Å². The van der Waals surface area contributed by atoms with Crippen LogP contribution >= 0.6 is 11.6 Å². The summed E-state index contributed by atoms with van der Waals surface area (Å²) in [4.78, 5) is 13.8. The molecule has 2 N–H and O–H groups in total. The van der Waals surface area contributed by atoms with Crippen molar-refractivity contribution in [3.63, 3.8) is 0 Å². The van der Waals surface area contributed by atoms with Crippen molar-refractivity contribution in [2.75, 3.05) is 30.9 Å². The number of carbonyl (C=O) groups is 1. The van der Waals surface area contributed by atoms with Crippen LogP contribution in [0.15, 0.2) is 18.2 Å². The highest BCUT2D eigenvalue weighted by molar-refractivity contribution is 6.31. The van der Waals surface area contributed by atoms with E-state index in [1.165, 1.54) is 0 Å². The fourth-order valence-electron chi connectivity index (χ4n) is 1.60. The Hall–Kier alpha value is -1.26. The summed E-state index contributed by atoms with van der Waals surface area (Å²) in [5, 5.41) is 6.65. The van der Waals surface area contributed by atoms with E-state index in [2.05, 4.69) is 24.5 Å². The van der Waals surface area contributed by atoms with E-state index < -0.39 is 0 Å². The molecular formula is C14H22ClN3O. The average molecular weight is 284 g/mol. The minimum Gasteiger partial charge on any atom is -0.376 e. The van der Waals surface area contributed by atoms with E-state index in [9.17, 15) is 4.79 Å². The van der Waals surface area contributed by atoms with Crippen molar-refractivity contribution in [3.05, 3.63) is 23.2 Å². The smallest absolute Gasteiger partial charge is 0.238 e. The highest BCUT2D eigenvalue weighted by Gasteiger charge is 2.10. The van der Waals surface area contributed by atoms with E-state index in [1.54, 1.807) is 6.07 Å². The van der Waals surface area contributed by atoms with E-state index >= 15 is 0 Å². The molecule has 0 aliphatic rings. The molecule has 1 atom stereocenters. The molecule has 0 aromatic heterocycles. The Bertz CT molecular complexity index is 435. The van der Waals surface area contributed by atoms with Gasteiger partial charge in [0.2, 0.25) is 5.91 Å². The SMILES string of the molecule is CCC(C)NCC(=O)Nc1cc(Cl)ccc1N(C)C. The van der Waals surface area contributed by atoms with Gasteiger partial charge in [-0.25, -0.2) is 0 Å². The number of hydrogen-bond donors (Lipinski definition) is 2. The van der Waals surface area contributed by atoms with Gasteiger partial charge in [-0.15, -0.1) is 0 Å². The van der Waals surface area contributed by atoms with Crippen molar-refractivity contribution in [1.82, 2.24) is 5.32 Å². The second-order valence-corrected chi connectivity index (χ2v) is 5.23. The molecule has 106 valence electrons. The van der Waals surface area contributed by atoms with E-state index in [0.717, 1.165) is 17.8 Å². The number of nitrogens with zero attached hydrogens (tertiary/aromatic N) is 1. The van der Waals surface area contributed by atoms with Crippen LogP contribution in [0.4, 0.5) is 11.4 Å². The summed E-state index contributed by atoms with van der Waals surface area (Å²) in [6, 6.07) is 5.79. The first-order valence-electron chi connectivity index (χ1n) is 6.44. The summed E-state index contributed by atoms with van der Waals surface area (Å²) < 4.78 is 0. The third-order valence-corrected chi connectivity index (χ3v) is 3.17. The summed E-state index contributed by atoms with van der Waals surface area (Å²) in [5.41, 5.74) is 1.66. The molecule has 0 heterocycles. The van der Waals surface area contributed by atoms with Crippen molar-refractivity contribution in [3.8, 4) is 0 Å². The minimum absolute atomic E-state index is 0.0642. The summed E-state index contributed by atoms with van der Waals surface area (Å²) >= 11 is 5.97. The van der Waals surface area contributed by atoms with Gasteiger partial charge in [-0.2, -0.15) is 0 Å². The number of amides is 1. The largest absolute Gasteiger partial charge is 0.376 e. The van der Waals surface area contributed by atoms with Crippen LogP contribution in [0.5, 0.6) is 0 Å². The first-order chi connectivity index (χ1) is 8.93. The zero-order chi connectivity index (χ0) is 14.4. The fourth-order valence-corrected chi connectivity index (χ4v) is 1.78. The second-order valence-electron chi connectivity index (χ2n) is 4.79. The van der Waals surface area contributed by atoms with Crippen LogP contribution in [0.3, 0.4) is 0 Å². The maximum atomic E-state index is 11.9. The number of benzene rings is 1. The Balaban J connectivity index is 2.70. The van der Waals surface area contributed by atoms with Crippen molar-refractivity contribution in [2.24, 2.45) is 0 Å². The molecule has 0 aliphatic heterocycles. The van der Waals surface area contributed by atoms with Gasteiger partial charge in [0.15, 0.2) is 0 Å². The lowest BCUT2D eigenvalue weighted by molar-refractivity contribution is -0.115. The predicted molar refractivity (Wildman–Crippen MR) is 82.2 cm³/mol. The van der Waals surface area contributed by atoms with Crippen LogP contribution in [0, 0.1) is 0 Å². The highest BCUT2D eigenvalue weighted by atomic mass is 35.5. The van der Waals surface area contributed by atoms with E-state index in [1.807, 2.05) is 31.1 Å². The number of carbonyl (C=O) groups excluding carboxylic acids is 1. The lowest BCUT2D eigenvalue weighted by atomic mass is 10.2. The van der Waals surface area contributed by atoms with Gasteiger partial charge in [-0.05, 0) is 31.5 Å². The molecule has 19 heavy (non-hydrogen) atoms. The number of halogens is 1. The molecule has 0 saturated heterocycles. The minimum atomic E-state index is -0.0642. The molecule has 0 aliphatic carbocycles. The standard InChI is InChI=1S/C14H22ClN3O/c1-5-10(2)16-9-14(19)17-12-8-11(15)6-7-13(12)18(3)4/h6-8,10,16H,5,9H2,1-4H3,(H,17,19). The Labute approximate surface area is 120 Å². The van der Waals surface area contributed by atoms with Crippen molar-refractivity contribution >= 4 is 28.9 Å². The first kappa shape index (κ1) is 15.8. The molecule has 1 aromatic rings. The Kier molecular flexibility index (Phi) is 6.12. The Morgan fingerprint density at radius 2 is 2.11 bits per heavy atom. The van der Waals surface area contributed by atoms with Crippen LogP contribution in [-0.2, 0) is 4.79 Å². The first-order valence-corrected chi connectivity index (χ1v) is 6.82. The van der Waals surface area contributed by atoms with Gasteiger partial charge in [0.25, 0.3) is 0 Å². The Morgan fingerprint density at radius 1 is 1.42 bits per heavy atom. The van der Waals surface area contributed by atoms with Crippen molar-refractivity contribution in [1.29, 1.82) is 0 Å². The zero-order valence-corrected chi connectivity index (χ0v) is 12.7. The second kappa shape index (κ2) is 7.36. The molecule has 0 radical (unpaired) electrons. The maximum Gasteiger partial charge on any atom is 0.238 e. The summed E-state index contributed by atoms with van der Waals surface area (Å²) in [6.45, 7) is 4.43. The normalized spacial score (nSPS) is 12.1. The molecule has 0 bridgehead atoms. The van der Waals surface area contributed by atoms with E-state index in [-0.39, 0.29) is 5.91 Å². The number of nitrogens with one attached hydrogen (secondary N) is 2. The lowest BCUT2D eigenvalue weighted by Crippen LogP contribution is -2.34. The van der Waals surface area contributed by atoms with Crippen LogP contribution in [0.2, 0.25) is 5.02 Å². The molecule has 1 unspecified atom stereocenters. The molecule has 0 fully saturated rings. The van der Waals surface area contributed by atoms with Gasteiger partial charge in [-0.1, -0.05) is 18.5 Å². The van der Waals surface area contributed by atoms with E-state index in [4.69, 9.17) is 11.6 Å². The summed E-state index contributed by atoms with van der Waals surface area (Å²) in [6.07, 6.45) is 0.993. The van der Waals surface area contributed by atoms with Gasteiger partial charge in [0, 0.05) is 25.2 Å². The van der Waals surface area contributed by atoms with Crippen molar-refractivity contribution in [2.45, 2.75) is 26.3 Å². The number of rotatable bonds is 6. The van der Waals surface area contributed by atoms with Gasteiger partial charge in [0.1, 0.15) is 0 Å². The molecular weight excluding hydrogens is 262 g/mol. The molecule has 1 rings (SSSR count). The quantitative estimate of drug-likeness (QED) is 0.844. The molecule has 4 nitrogen and oxygen atoms in total. The van der Waals surface area contributed by atoms with Crippen LogP contribution < -0.4 is 15.5 Å². The Morgan fingerprint density at radius 3 is 2.68 bits per heavy atom. The zero-order valence-electron chi connectivity index (χ0n) is 12.0. The maximum absolute atomic E-state index is 11.9. The van der Waals surface area contributed by atoms with Gasteiger partial charge < -0.3 is 15.5 Å². The van der Waals surface area contributed by atoms with E-state index in [0.29, 0.717) is 17.6 Å². The average Bonchev–Trinajstić information content (AvgIpc) is 2.35. The van der Waals surface area contributed by atoms with Gasteiger partial charge >= 0.3 is 0 Å². The third kappa shape index (κ3) is 5.09. The highest BCUT2D eigenvalue weighted by Crippen LogP contribution is 2.27. The fraction of sp³-hybridized carbons (Fsp3) is 0.500. The van der Waals surface area contributed by atoms with Crippen LogP contribution in [-0.4, -0.2) is 32.6 Å². The number of hydrogen-bond acceptors (Lipinski definition) is 3. The molecule has 5 heteroatoms. The topological polar surface area (TPSA) is 44.4 Å². The number of anilines is 2. The monoisotopic (exact) mass is 283 g/mol. The molecule has 1 aromatic carbocycles. The lowest BCUT2D eigenvalue weighted by Gasteiger charge is -2.18. The van der Waals surface area contributed by atoms with Gasteiger partial charge in [0.05, 0.1) is 17.9 Å². The molecule has 0 saturated carbocycles. The molecule has 1 amide bonds. The summed E-state index contributed by atoms with van der Waals surface area (Å²) in [5.74, 6) is -0.0642. The van der Waals surface area contributed by atoms with Gasteiger partial charge in [-0.3, -0.25) is 4.79 Å². The third-order valence-electron chi connectivity index (χ3n) is 2.94. The van der Waals surface area contributed by atoms with Crippen LogP contribution in [0.1, 0.15) is 20.3 Å². The predicted octanol–water partition coefficient (Wildman–Crippen LogP) is 2.73. The van der Waals surface area contributed by atoms with Crippen molar-refractivity contribution < 1.29 is 4.79 Å².